The number of phenolic OH excluding ortho intramolecular Hbond substituents is 1. The van der Waals surface area contributed by atoms with Gasteiger partial charge >= 0.3 is 0 Å². The summed E-state index contributed by atoms with van der Waals surface area (Å²) in [4.78, 5) is 4.63. The van der Waals surface area contributed by atoms with E-state index in [1.54, 1.807) is 12.3 Å². The summed E-state index contributed by atoms with van der Waals surface area (Å²) < 4.78 is 0. The number of rotatable bonds is 2. The fourth-order valence-electron chi connectivity index (χ4n) is 2.87. The van der Waals surface area contributed by atoms with E-state index in [0.29, 0.717) is 0 Å². The zero-order valence-corrected chi connectivity index (χ0v) is 13.9. The molecule has 4 rings (SSSR count). The topological polar surface area (TPSA) is 32.6 Å². The average molecular weight is 356 g/mol. The van der Waals surface area contributed by atoms with Crippen LogP contribution in [-0.2, 0) is 16.8 Å². The monoisotopic (exact) mass is 356 g/mol. The van der Waals surface area contributed by atoms with Gasteiger partial charge in [0.05, 0.1) is 5.69 Å². The molecule has 0 bridgehead atoms. The first-order chi connectivity index (χ1) is 11.3. The predicted molar refractivity (Wildman–Crippen MR) is 96.8 cm³/mol. The third-order valence-electron chi connectivity index (χ3n) is 4.05. The fourth-order valence-corrected chi connectivity index (χ4v) is 2.87. The van der Waals surface area contributed by atoms with Crippen molar-refractivity contribution in [2.75, 3.05) is 0 Å². The van der Waals surface area contributed by atoms with E-state index in [1.165, 1.54) is 0 Å². The molecule has 0 spiro atoms. The second kappa shape index (κ2) is 6.87. The minimum absolute atomic E-state index is 0. The van der Waals surface area contributed by atoms with Crippen LogP contribution in [0.1, 0.15) is 5.56 Å². The Hall–Kier alpha value is -2.62. The van der Waals surface area contributed by atoms with Gasteiger partial charge in [0.15, 0.2) is 0 Å². The van der Waals surface area contributed by atoms with Gasteiger partial charge in [0.1, 0.15) is 5.75 Å². The minimum Gasteiger partial charge on any atom is -0.507 e. The van der Waals surface area contributed by atoms with E-state index in [2.05, 4.69) is 23.2 Å². The first-order valence-electron chi connectivity index (χ1n) is 7.55. The van der Waals surface area contributed by atoms with Gasteiger partial charge in [-0.3, -0.25) is 4.99 Å². The van der Waals surface area contributed by atoms with Gasteiger partial charge in [-0.2, -0.15) is 0 Å². The molecular weight excluding hydrogens is 341 g/mol. The summed E-state index contributed by atoms with van der Waals surface area (Å²) in [7, 11) is 0. The first kappa shape index (κ1) is 16.2. The van der Waals surface area contributed by atoms with Crippen LogP contribution in [0.15, 0.2) is 83.9 Å². The Kier molecular flexibility index (Phi) is 4.65. The van der Waals surface area contributed by atoms with Crippen LogP contribution in [0.2, 0.25) is 0 Å². The summed E-state index contributed by atoms with van der Waals surface area (Å²) in [6.07, 6.45) is 1.75. The number of hydrogen-bond donors (Lipinski definition) is 1. The molecule has 0 unspecified atom stereocenters. The van der Waals surface area contributed by atoms with E-state index in [1.807, 2.05) is 54.6 Å². The summed E-state index contributed by atoms with van der Waals surface area (Å²) in [5, 5.41) is 14.6. The molecule has 4 aromatic rings. The predicted octanol–water partition coefficient (Wildman–Crippen LogP) is 5.45. The molecular formula is C21H15CoNO. The van der Waals surface area contributed by atoms with Gasteiger partial charge in [0.2, 0.25) is 0 Å². The van der Waals surface area contributed by atoms with Crippen molar-refractivity contribution < 1.29 is 21.9 Å². The summed E-state index contributed by atoms with van der Waals surface area (Å²) in [5.41, 5.74) is 1.64. The summed E-state index contributed by atoms with van der Waals surface area (Å²) >= 11 is 0. The molecule has 24 heavy (non-hydrogen) atoms. The van der Waals surface area contributed by atoms with Crippen molar-refractivity contribution in [3.63, 3.8) is 0 Å². The molecule has 1 N–H and O–H groups in total. The zero-order valence-electron chi connectivity index (χ0n) is 12.8. The minimum atomic E-state index is 0. The number of aromatic hydroxyl groups is 1. The van der Waals surface area contributed by atoms with Crippen LogP contribution in [0.4, 0.5) is 5.69 Å². The Morgan fingerprint density at radius 3 is 2.08 bits per heavy atom. The number of phenols is 1. The molecule has 0 amide bonds. The second-order valence-corrected chi connectivity index (χ2v) is 5.48. The van der Waals surface area contributed by atoms with E-state index in [0.717, 1.165) is 32.8 Å². The van der Waals surface area contributed by atoms with E-state index in [9.17, 15) is 5.11 Å². The quantitative estimate of drug-likeness (QED) is 0.476. The molecule has 0 aliphatic rings. The molecule has 0 aliphatic heterocycles. The first-order valence-corrected chi connectivity index (χ1v) is 7.55. The van der Waals surface area contributed by atoms with Gasteiger partial charge in [0.25, 0.3) is 0 Å². The smallest absolute Gasteiger partial charge is 0.124 e. The Labute approximate surface area is 150 Å². The van der Waals surface area contributed by atoms with Crippen LogP contribution in [0.3, 0.4) is 0 Å². The maximum absolute atomic E-state index is 10.2. The maximum atomic E-state index is 10.2. The van der Waals surface area contributed by atoms with E-state index >= 15 is 0 Å². The van der Waals surface area contributed by atoms with Crippen molar-refractivity contribution in [1.82, 2.24) is 0 Å². The van der Waals surface area contributed by atoms with Gasteiger partial charge in [-0.05, 0) is 28.3 Å². The third kappa shape index (κ3) is 2.92. The molecule has 3 heteroatoms. The number of hydrogen-bond acceptors (Lipinski definition) is 2. The molecule has 1 radical (unpaired) electrons. The summed E-state index contributed by atoms with van der Waals surface area (Å²) in [6, 6.07) is 25.8. The molecule has 0 heterocycles. The van der Waals surface area contributed by atoms with Crippen LogP contribution in [0, 0.1) is 0 Å². The Balaban J connectivity index is 0.00000169. The van der Waals surface area contributed by atoms with Crippen LogP contribution in [0.25, 0.3) is 21.5 Å². The van der Waals surface area contributed by atoms with Crippen molar-refractivity contribution in [3.8, 4) is 5.75 Å². The molecule has 0 fully saturated rings. The van der Waals surface area contributed by atoms with Gasteiger partial charge in [-0.25, -0.2) is 0 Å². The van der Waals surface area contributed by atoms with Gasteiger partial charge in [-0.15, -0.1) is 0 Å². The van der Waals surface area contributed by atoms with E-state index < -0.39 is 0 Å². The van der Waals surface area contributed by atoms with Crippen LogP contribution < -0.4 is 0 Å². The Bertz CT molecular complexity index is 1030. The molecule has 0 aliphatic carbocycles. The SMILES string of the molecule is Oc1ccc2ccccc2c1C=Nc1cccc2ccccc12.[Co]. The number of fused-ring (bicyclic) bond motifs is 2. The fraction of sp³-hybridized carbons (Fsp3) is 0. The largest absolute Gasteiger partial charge is 0.507 e. The Morgan fingerprint density at radius 1 is 0.667 bits per heavy atom. The normalized spacial score (nSPS) is 11.0. The number of nitrogens with zero attached hydrogens (tertiary/aromatic N) is 1. The Morgan fingerprint density at radius 2 is 1.29 bits per heavy atom. The van der Waals surface area contributed by atoms with Crippen molar-refractivity contribution in [3.05, 3.63) is 84.4 Å². The molecule has 0 saturated carbocycles. The zero-order chi connectivity index (χ0) is 15.6. The van der Waals surface area contributed by atoms with Crippen LogP contribution >= 0.6 is 0 Å². The average Bonchev–Trinajstić information content (AvgIpc) is 2.61. The molecule has 4 aromatic carbocycles. The third-order valence-corrected chi connectivity index (χ3v) is 4.05. The van der Waals surface area contributed by atoms with E-state index in [-0.39, 0.29) is 22.5 Å². The molecule has 0 saturated heterocycles. The molecule has 0 aromatic heterocycles. The van der Waals surface area contributed by atoms with Gasteiger partial charge in [-0.1, -0.05) is 66.7 Å². The molecule has 2 nitrogen and oxygen atoms in total. The van der Waals surface area contributed by atoms with Gasteiger partial charge < -0.3 is 5.11 Å². The number of aliphatic imine (C=N–C) groups is 1. The summed E-state index contributed by atoms with van der Waals surface area (Å²) in [5.74, 6) is 0.243. The van der Waals surface area contributed by atoms with E-state index in [4.69, 9.17) is 0 Å². The summed E-state index contributed by atoms with van der Waals surface area (Å²) in [6.45, 7) is 0. The standard InChI is InChI=1S/C21H15NO.Co/c23-21-13-12-16-7-1-3-9-17(16)19(21)14-22-20-11-5-8-15-6-2-4-10-18(15)20;/h1-14,23H;. The molecule has 0 atom stereocenters. The van der Waals surface area contributed by atoms with Crippen molar-refractivity contribution in [1.29, 1.82) is 0 Å². The van der Waals surface area contributed by atoms with Gasteiger partial charge in [0, 0.05) is 33.9 Å². The van der Waals surface area contributed by atoms with Crippen LogP contribution in [-0.4, -0.2) is 11.3 Å². The van der Waals surface area contributed by atoms with Crippen molar-refractivity contribution in [2.24, 2.45) is 4.99 Å². The molecule has 119 valence electrons. The second-order valence-electron chi connectivity index (χ2n) is 5.48. The van der Waals surface area contributed by atoms with Crippen molar-refractivity contribution >= 4 is 33.4 Å². The van der Waals surface area contributed by atoms with Crippen LogP contribution in [0.5, 0.6) is 5.75 Å². The van der Waals surface area contributed by atoms with Crippen molar-refractivity contribution in [2.45, 2.75) is 0 Å². The number of benzene rings is 4. The maximum Gasteiger partial charge on any atom is 0.124 e.